The number of rotatable bonds is 1. The van der Waals surface area contributed by atoms with E-state index in [9.17, 15) is 9.90 Å². The van der Waals surface area contributed by atoms with Gasteiger partial charge in [-0.1, -0.05) is 29.3 Å². The van der Waals surface area contributed by atoms with E-state index in [-0.39, 0.29) is 5.91 Å². The fourth-order valence-electron chi connectivity index (χ4n) is 2.02. The van der Waals surface area contributed by atoms with Crippen LogP contribution in [0.4, 0.5) is 0 Å². The molecule has 1 aromatic rings. The smallest absolute Gasteiger partial charge is 0.251 e. The molecule has 3 nitrogen and oxygen atoms in total. The van der Waals surface area contributed by atoms with Gasteiger partial charge in [-0.25, -0.2) is 0 Å². The van der Waals surface area contributed by atoms with E-state index in [1.807, 2.05) is 6.07 Å². The summed E-state index contributed by atoms with van der Waals surface area (Å²) in [7, 11) is 0. The van der Waals surface area contributed by atoms with Gasteiger partial charge in [0, 0.05) is 13.1 Å². The predicted molar refractivity (Wildman–Crippen MR) is 67.3 cm³/mol. The van der Waals surface area contributed by atoms with E-state index in [0.717, 1.165) is 17.5 Å². The predicted octanol–water partition coefficient (Wildman–Crippen LogP) is 2.26. The lowest BCUT2D eigenvalue weighted by atomic mass is 9.99. The van der Waals surface area contributed by atoms with Crippen LogP contribution in [-0.2, 0) is 17.8 Å². The van der Waals surface area contributed by atoms with E-state index in [1.165, 1.54) is 6.92 Å². The van der Waals surface area contributed by atoms with Gasteiger partial charge < -0.3 is 10.0 Å². The van der Waals surface area contributed by atoms with Crippen molar-refractivity contribution in [1.82, 2.24) is 4.90 Å². The molecule has 1 amide bonds. The normalized spacial score (nSPS) is 16.6. The van der Waals surface area contributed by atoms with E-state index < -0.39 is 6.10 Å². The SMILES string of the molecule is C[C@@H](O)C(=O)N1CCc2ccc(Cl)c(Cl)c2C1. The highest BCUT2D eigenvalue weighted by Crippen LogP contribution is 2.32. The average molecular weight is 274 g/mol. The number of amides is 1. The Labute approximate surface area is 110 Å². The number of aliphatic hydroxyl groups is 1. The summed E-state index contributed by atoms with van der Waals surface area (Å²) in [5.74, 6) is -0.272. The largest absolute Gasteiger partial charge is 0.384 e. The second kappa shape index (κ2) is 4.84. The molecule has 0 bridgehead atoms. The molecule has 0 aromatic heterocycles. The summed E-state index contributed by atoms with van der Waals surface area (Å²) >= 11 is 12.1. The molecule has 17 heavy (non-hydrogen) atoms. The van der Waals surface area contributed by atoms with Crippen molar-refractivity contribution in [2.75, 3.05) is 6.54 Å². The Balaban J connectivity index is 2.29. The Morgan fingerprint density at radius 1 is 1.47 bits per heavy atom. The lowest BCUT2D eigenvalue weighted by molar-refractivity contribution is -0.140. The van der Waals surface area contributed by atoms with Crippen LogP contribution in [0.25, 0.3) is 0 Å². The lowest BCUT2D eigenvalue weighted by Gasteiger charge is -2.30. The molecule has 0 radical (unpaired) electrons. The van der Waals surface area contributed by atoms with Gasteiger partial charge in [0.2, 0.25) is 0 Å². The summed E-state index contributed by atoms with van der Waals surface area (Å²) in [6, 6.07) is 3.71. The van der Waals surface area contributed by atoms with E-state index in [0.29, 0.717) is 23.1 Å². The molecular weight excluding hydrogens is 261 g/mol. The molecule has 1 aliphatic rings. The summed E-state index contributed by atoms with van der Waals surface area (Å²) < 4.78 is 0. The molecule has 0 fully saturated rings. The maximum Gasteiger partial charge on any atom is 0.251 e. The minimum Gasteiger partial charge on any atom is -0.384 e. The van der Waals surface area contributed by atoms with Gasteiger partial charge in [-0.15, -0.1) is 0 Å². The number of aliphatic hydroxyl groups excluding tert-OH is 1. The molecule has 92 valence electrons. The summed E-state index contributed by atoms with van der Waals surface area (Å²) in [6.45, 7) is 2.49. The minimum absolute atomic E-state index is 0.272. The van der Waals surface area contributed by atoms with Crippen molar-refractivity contribution in [3.05, 3.63) is 33.3 Å². The second-order valence-electron chi connectivity index (χ2n) is 4.18. The van der Waals surface area contributed by atoms with Crippen molar-refractivity contribution in [1.29, 1.82) is 0 Å². The molecule has 2 rings (SSSR count). The molecule has 1 atom stereocenters. The topological polar surface area (TPSA) is 40.5 Å². The maximum absolute atomic E-state index is 11.7. The first-order valence-electron chi connectivity index (χ1n) is 5.43. The van der Waals surface area contributed by atoms with Gasteiger partial charge in [0.05, 0.1) is 10.0 Å². The van der Waals surface area contributed by atoms with E-state index in [2.05, 4.69) is 0 Å². The van der Waals surface area contributed by atoms with Crippen molar-refractivity contribution in [3.63, 3.8) is 0 Å². The minimum atomic E-state index is -0.977. The number of benzene rings is 1. The van der Waals surface area contributed by atoms with Crippen molar-refractivity contribution in [2.45, 2.75) is 26.0 Å². The first kappa shape index (κ1) is 12.7. The first-order chi connectivity index (χ1) is 8.00. The Kier molecular flexibility index (Phi) is 3.61. The molecule has 0 saturated carbocycles. The monoisotopic (exact) mass is 273 g/mol. The molecule has 1 aromatic carbocycles. The zero-order chi connectivity index (χ0) is 12.6. The van der Waals surface area contributed by atoms with Crippen LogP contribution in [0, 0.1) is 0 Å². The van der Waals surface area contributed by atoms with Crippen LogP contribution < -0.4 is 0 Å². The van der Waals surface area contributed by atoms with E-state index >= 15 is 0 Å². The molecular formula is C12H13Cl2NO2. The highest BCUT2D eigenvalue weighted by Gasteiger charge is 2.25. The van der Waals surface area contributed by atoms with Crippen LogP contribution >= 0.6 is 23.2 Å². The number of fused-ring (bicyclic) bond motifs is 1. The molecule has 0 aliphatic carbocycles. The molecule has 1 N–H and O–H groups in total. The number of halogens is 2. The third kappa shape index (κ3) is 2.41. The van der Waals surface area contributed by atoms with Crippen LogP contribution in [0.15, 0.2) is 12.1 Å². The van der Waals surface area contributed by atoms with Gasteiger partial charge in [-0.2, -0.15) is 0 Å². The molecule has 0 saturated heterocycles. The molecule has 0 spiro atoms. The number of carbonyl (C=O) groups is 1. The molecule has 1 heterocycles. The number of hydrogen-bond acceptors (Lipinski definition) is 2. The van der Waals surface area contributed by atoms with Crippen LogP contribution in [-0.4, -0.2) is 28.6 Å². The zero-order valence-corrected chi connectivity index (χ0v) is 10.9. The zero-order valence-electron chi connectivity index (χ0n) is 9.41. The van der Waals surface area contributed by atoms with Crippen LogP contribution in [0.5, 0.6) is 0 Å². The van der Waals surface area contributed by atoms with Gasteiger partial charge in [0.15, 0.2) is 0 Å². The van der Waals surface area contributed by atoms with E-state index in [1.54, 1.807) is 11.0 Å². The fourth-order valence-corrected chi connectivity index (χ4v) is 2.44. The summed E-state index contributed by atoms with van der Waals surface area (Å²) in [6.07, 6.45) is -0.237. The number of nitrogens with zero attached hydrogens (tertiary/aromatic N) is 1. The highest BCUT2D eigenvalue weighted by molar-refractivity contribution is 6.42. The third-order valence-electron chi connectivity index (χ3n) is 2.96. The van der Waals surface area contributed by atoms with Gasteiger partial charge in [-0.3, -0.25) is 4.79 Å². The van der Waals surface area contributed by atoms with Gasteiger partial charge >= 0.3 is 0 Å². The quantitative estimate of drug-likeness (QED) is 0.853. The highest BCUT2D eigenvalue weighted by atomic mass is 35.5. The van der Waals surface area contributed by atoms with Crippen molar-refractivity contribution >= 4 is 29.1 Å². The van der Waals surface area contributed by atoms with E-state index in [4.69, 9.17) is 23.2 Å². The third-order valence-corrected chi connectivity index (χ3v) is 3.81. The van der Waals surface area contributed by atoms with Crippen LogP contribution in [0.2, 0.25) is 10.0 Å². The van der Waals surface area contributed by atoms with Crippen molar-refractivity contribution in [2.24, 2.45) is 0 Å². The lowest BCUT2D eigenvalue weighted by Crippen LogP contribution is -2.41. The second-order valence-corrected chi connectivity index (χ2v) is 4.97. The fraction of sp³-hybridized carbons (Fsp3) is 0.417. The Bertz CT molecular complexity index is 460. The number of carbonyl (C=O) groups excluding carboxylic acids is 1. The van der Waals surface area contributed by atoms with Gasteiger partial charge in [0.25, 0.3) is 5.91 Å². The Hall–Kier alpha value is -0.770. The molecule has 0 unspecified atom stereocenters. The van der Waals surface area contributed by atoms with Gasteiger partial charge in [0.1, 0.15) is 6.10 Å². The first-order valence-corrected chi connectivity index (χ1v) is 6.19. The Morgan fingerprint density at radius 3 is 2.82 bits per heavy atom. The average Bonchev–Trinajstić information content (AvgIpc) is 2.32. The standard InChI is InChI=1S/C12H13Cl2NO2/c1-7(16)12(17)15-5-4-8-2-3-10(13)11(14)9(8)6-15/h2-3,7,16H,4-6H2,1H3/t7-/m1/s1. The summed E-state index contributed by atoms with van der Waals surface area (Å²) in [5.41, 5.74) is 2.01. The molecule has 5 heteroatoms. The van der Waals surface area contributed by atoms with Crippen molar-refractivity contribution < 1.29 is 9.90 Å². The Morgan fingerprint density at radius 2 is 2.18 bits per heavy atom. The van der Waals surface area contributed by atoms with Gasteiger partial charge in [-0.05, 0) is 30.5 Å². The molecule has 1 aliphatic heterocycles. The van der Waals surface area contributed by atoms with Crippen LogP contribution in [0.3, 0.4) is 0 Å². The van der Waals surface area contributed by atoms with Crippen LogP contribution in [0.1, 0.15) is 18.1 Å². The summed E-state index contributed by atoms with van der Waals surface area (Å²) in [5, 5.41) is 10.3. The number of hydrogen-bond donors (Lipinski definition) is 1. The maximum atomic E-state index is 11.7. The van der Waals surface area contributed by atoms with Crippen molar-refractivity contribution in [3.8, 4) is 0 Å². The summed E-state index contributed by atoms with van der Waals surface area (Å²) in [4.78, 5) is 13.3.